The van der Waals surface area contributed by atoms with Crippen LogP contribution in [0.25, 0.3) is 11.1 Å². The Kier molecular flexibility index (Phi) is 3.70. The summed E-state index contributed by atoms with van der Waals surface area (Å²) in [6, 6.07) is 15.9. The summed E-state index contributed by atoms with van der Waals surface area (Å²) < 4.78 is 5.11. The first kappa shape index (κ1) is 14.3. The Morgan fingerprint density at radius 1 is 0.955 bits per heavy atom. The van der Waals surface area contributed by atoms with E-state index >= 15 is 0 Å². The molecule has 0 aromatic heterocycles. The zero-order valence-electron chi connectivity index (χ0n) is 13.2. The summed E-state index contributed by atoms with van der Waals surface area (Å²) in [5.41, 5.74) is 6.06. The van der Waals surface area contributed by atoms with Crippen LogP contribution in [-0.4, -0.2) is 3.21 Å². The van der Waals surface area contributed by atoms with E-state index < -0.39 is 21.3 Å². The Morgan fingerprint density at radius 3 is 2.55 bits per heavy atom. The third kappa shape index (κ3) is 2.27. The molecule has 0 bridgehead atoms. The minimum absolute atomic E-state index is 1.12. The molecule has 0 nitrogen and oxygen atoms in total. The molecule has 0 spiro atoms. The topological polar surface area (TPSA) is 0 Å². The van der Waals surface area contributed by atoms with E-state index in [9.17, 15) is 0 Å². The predicted molar refractivity (Wildman–Crippen MR) is 92.5 cm³/mol. The van der Waals surface area contributed by atoms with Crippen molar-refractivity contribution in [1.82, 2.24) is 0 Å². The summed E-state index contributed by atoms with van der Waals surface area (Å²) in [6.07, 6.45) is 9.26. The van der Waals surface area contributed by atoms with Crippen LogP contribution in [0.3, 0.4) is 0 Å². The average molecular weight is 364 g/mol. The van der Waals surface area contributed by atoms with Gasteiger partial charge in [-0.05, 0) is 0 Å². The van der Waals surface area contributed by atoms with Crippen LogP contribution in [0, 0.1) is 0 Å². The molecule has 0 heterocycles. The predicted octanol–water partition coefficient (Wildman–Crippen LogP) is 4.56. The van der Waals surface area contributed by atoms with Crippen LogP contribution in [-0.2, 0) is 27.7 Å². The fourth-order valence-electron chi connectivity index (χ4n) is 3.79. The second kappa shape index (κ2) is 5.71. The van der Waals surface area contributed by atoms with Crippen molar-refractivity contribution in [3.8, 4) is 11.1 Å². The first-order valence-corrected chi connectivity index (χ1v) is 11.7. The Bertz CT molecular complexity index is 846. The summed E-state index contributed by atoms with van der Waals surface area (Å²) in [5.74, 6) is 0. The van der Waals surface area contributed by atoms with Crippen molar-refractivity contribution < 1.29 is 21.3 Å². The molecule has 0 fully saturated rings. The summed E-state index contributed by atoms with van der Waals surface area (Å²) >= 11 is -1.86. The van der Waals surface area contributed by atoms with Crippen LogP contribution in [0.15, 0.2) is 64.0 Å². The minimum atomic E-state index is -1.86. The van der Waals surface area contributed by atoms with Crippen LogP contribution in [0.5, 0.6) is 0 Å². The SMILES string of the molecule is C[C](C)=[Zr]([C]1=CC=CC1)[c]1cccc2c1Cc1ccccc1-2. The first-order valence-electron chi connectivity index (χ1n) is 8.00. The number of rotatable bonds is 2. The molecule has 22 heavy (non-hydrogen) atoms. The first-order chi connectivity index (χ1) is 10.8. The van der Waals surface area contributed by atoms with Gasteiger partial charge in [-0.25, -0.2) is 0 Å². The third-order valence-electron chi connectivity index (χ3n) is 4.71. The molecule has 0 saturated heterocycles. The molecule has 0 amide bonds. The van der Waals surface area contributed by atoms with Gasteiger partial charge in [0.05, 0.1) is 0 Å². The quantitative estimate of drug-likeness (QED) is 0.626. The normalized spacial score (nSPS) is 14.5. The Morgan fingerprint density at radius 2 is 1.77 bits per heavy atom. The molecule has 0 aliphatic heterocycles. The van der Waals surface area contributed by atoms with E-state index in [-0.39, 0.29) is 0 Å². The van der Waals surface area contributed by atoms with Gasteiger partial charge in [-0.2, -0.15) is 0 Å². The fraction of sp³-hybridized carbons (Fsp3) is 0.190. The van der Waals surface area contributed by atoms with Crippen molar-refractivity contribution in [3.05, 3.63) is 75.1 Å². The molecule has 2 aromatic rings. The molecule has 0 unspecified atom stereocenters. The van der Waals surface area contributed by atoms with Gasteiger partial charge >= 0.3 is 141 Å². The van der Waals surface area contributed by atoms with E-state index in [1.165, 1.54) is 23.1 Å². The maximum absolute atomic E-state index is 2.42. The van der Waals surface area contributed by atoms with Gasteiger partial charge in [0.1, 0.15) is 0 Å². The van der Waals surface area contributed by atoms with E-state index in [0.29, 0.717) is 0 Å². The Balaban J connectivity index is 1.90. The average Bonchev–Trinajstić information content (AvgIpc) is 3.15. The second-order valence-corrected chi connectivity index (χ2v) is 13.6. The molecule has 2 aliphatic rings. The van der Waals surface area contributed by atoms with Gasteiger partial charge in [-0.1, -0.05) is 0 Å². The molecule has 0 N–H and O–H groups in total. The van der Waals surface area contributed by atoms with E-state index in [1.807, 2.05) is 0 Å². The van der Waals surface area contributed by atoms with Crippen molar-refractivity contribution >= 4 is 6.48 Å². The Labute approximate surface area is 140 Å². The molecule has 0 saturated carbocycles. The van der Waals surface area contributed by atoms with E-state index in [0.717, 1.165) is 6.42 Å². The van der Waals surface area contributed by atoms with E-state index in [2.05, 4.69) is 74.5 Å². The van der Waals surface area contributed by atoms with Crippen molar-refractivity contribution in [1.29, 1.82) is 0 Å². The number of benzene rings is 2. The summed E-state index contributed by atoms with van der Waals surface area (Å²) in [4.78, 5) is 0. The van der Waals surface area contributed by atoms with Crippen LogP contribution in [0.1, 0.15) is 31.4 Å². The maximum atomic E-state index is 2.42. The van der Waals surface area contributed by atoms with E-state index in [1.54, 1.807) is 15.3 Å². The van der Waals surface area contributed by atoms with Gasteiger partial charge < -0.3 is 0 Å². The van der Waals surface area contributed by atoms with Crippen LogP contribution >= 0.6 is 0 Å². The third-order valence-corrected chi connectivity index (χ3v) is 12.1. The standard InChI is InChI=1S/C13H9.C5H5.C3H6.Zr/c1-3-7-12-10(5-1)9-11-6-2-4-8-13(11)12;1-2-4-5-3-1;1-3-2;/h1-5,7-8H,9H2;1-3H,4H2;1-2H3;. The Hall–Kier alpha value is -1.33. The number of hydrogen-bond donors (Lipinski definition) is 0. The van der Waals surface area contributed by atoms with Gasteiger partial charge in [-0.3, -0.25) is 0 Å². The van der Waals surface area contributed by atoms with Crippen molar-refractivity contribution in [2.45, 2.75) is 26.7 Å². The zero-order valence-corrected chi connectivity index (χ0v) is 15.6. The number of hydrogen-bond acceptors (Lipinski definition) is 0. The van der Waals surface area contributed by atoms with Gasteiger partial charge in [-0.15, -0.1) is 0 Å². The van der Waals surface area contributed by atoms with Gasteiger partial charge in [0.15, 0.2) is 0 Å². The van der Waals surface area contributed by atoms with Crippen LogP contribution in [0.4, 0.5) is 0 Å². The summed E-state index contributed by atoms with van der Waals surface area (Å²) in [6.45, 7) is 4.71. The summed E-state index contributed by atoms with van der Waals surface area (Å²) in [5, 5.41) is 0. The monoisotopic (exact) mass is 362 g/mol. The number of fused-ring (bicyclic) bond motifs is 3. The second-order valence-electron chi connectivity index (χ2n) is 6.36. The fourth-order valence-corrected chi connectivity index (χ4v) is 10.9. The molecule has 1 heteroatoms. The molecular formula is C21H20Zr. The van der Waals surface area contributed by atoms with Gasteiger partial charge in [0.2, 0.25) is 0 Å². The van der Waals surface area contributed by atoms with E-state index in [4.69, 9.17) is 0 Å². The molecular weight excluding hydrogens is 343 g/mol. The molecule has 0 radical (unpaired) electrons. The summed E-state index contributed by atoms with van der Waals surface area (Å²) in [7, 11) is 0. The number of allylic oxidation sites excluding steroid dienone is 4. The van der Waals surface area contributed by atoms with Crippen molar-refractivity contribution in [3.63, 3.8) is 0 Å². The molecule has 0 atom stereocenters. The zero-order chi connectivity index (χ0) is 15.1. The molecule has 108 valence electrons. The van der Waals surface area contributed by atoms with Gasteiger partial charge in [0, 0.05) is 0 Å². The molecule has 2 aromatic carbocycles. The molecule has 2 aliphatic carbocycles. The van der Waals surface area contributed by atoms with Crippen molar-refractivity contribution in [2.75, 3.05) is 0 Å². The van der Waals surface area contributed by atoms with Crippen LogP contribution in [0.2, 0.25) is 0 Å². The van der Waals surface area contributed by atoms with Gasteiger partial charge in [0.25, 0.3) is 0 Å². The molecule has 4 rings (SSSR count). The van der Waals surface area contributed by atoms with Crippen molar-refractivity contribution in [2.24, 2.45) is 0 Å². The van der Waals surface area contributed by atoms with Crippen LogP contribution < -0.4 is 3.27 Å².